The summed E-state index contributed by atoms with van der Waals surface area (Å²) in [6, 6.07) is 6.62. The van der Waals surface area contributed by atoms with Crippen LogP contribution < -0.4 is 10.6 Å². The van der Waals surface area contributed by atoms with Gasteiger partial charge >= 0.3 is 0 Å². The number of amides is 1. The van der Waals surface area contributed by atoms with Crippen LogP contribution in [0.15, 0.2) is 24.3 Å². The average molecular weight is 292 g/mol. The zero-order chi connectivity index (χ0) is 15.1. The smallest absolute Gasteiger partial charge is 0.220 e. The van der Waals surface area contributed by atoms with E-state index in [4.69, 9.17) is 0 Å². The Bertz CT molecular complexity index is 458. The third kappa shape index (κ3) is 4.53. The molecule has 1 unspecified atom stereocenters. The normalized spacial score (nSPS) is 16.9. The monoisotopic (exact) mass is 292 g/mol. The minimum absolute atomic E-state index is 0.0189. The van der Waals surface area contributed by atoms with Crippen molar-refractivity contribution in [1.82, 2.24) is 10.6 Å². The summed E-state index contributed by atoms with van der Waals surface area (Å²) >= 11 is 0. The maximum atomic E-state index is 14.1. The van der Waals surface area contributed by atoms with E-state index in [1.165, 1.54) is 18.9 Å². The molecule has 0 radical (unpaired) electrons. The minimum Gasteiger partial charge on any atom is -0.349 e. The summed E-state index contributed by atoms with van der Waals surface area (Å²) in [6.45, 7) is 0.821. The van der Waals surface area contributed by atoms with Crippen LogP contribution in [0.3, 0.4) is 0 Å². The standard InChI is InChI=1S/C17H25FN2O/c1-19-12-6-11-16(21)20-17(13-7-2-3-8-13)14-9-4-5-10-15(14)18/h4-5,9-10,13,17,19H,2-3,6-8,11-12H2,1H3,(H,20,21). The van der Waals surface area contributed by atoms with Crippen molar-refractivity contribution < 1.29 is 9.18 Å². The molecular formula is C17H25FN2O. The highest BCUT2D eigenvalue weighted by Crippen LogP contribution is 2.36. The number of nitrogens with one attached hydrogen (secondary N) is 2. The molecule has 1 aromatic carbocycles. The van der Waals surface area contributed by atoms with Crippen molar-refractivity contribution in [1.29, 1.82) is 0 Å². The molecule has 0 saturated heterocycles. The summed E-state index contributed by atoms with van der Waals surface area (Å²) in [7, 11) is 1.87. The van der Waals surface area contributed by atoms with E-state index in [1.807, 2.05) is 13.1 Å². The van der Waals surface area contributed by atoms with Crippen LogP contribution in [0, 0.1) is 11.7 Å². The minimum atomic E-state index is -0.218. The van der Waals surface area contributed by atoms with Crippen LogP contribution in [0.1, 0.15) is 50.1 Å². The number of carbonyl (C=O) groups is 1. The summed E-state index contributed by atoms with van der Waals surface area (Å²) in [4.78, 5) is 12.1. The van der Waals surface area contributed by atoms with Gasteiger partial charge in [-0.15, -0.1) is 0 Å². The van der Waals surface area contributed by atoms with Crippen molar-refractivity contribution in [2.75, 3.05) is 13.6 Å². The Balaban J connectivity index is 2.06. The molecule has 3 nitrogen and oxygen atoms in total. The second kappa shape index (κ2) is 8.13. The number of benzene rings is 1. The molecule has 2 rings (SSSR count). The molecule has 1 fully saturated rings. The Hall–Kier alpha value is -1.42. The Kier molecular flexibility index (Phi) is 6.18. The summed E-state index contributed by atoms with van der Waals surface area (Å²) in [5.74, 6) is 0.158. The van der Waals surface area contributed by atoms with Crippen molar-refractivity contribution in [2.45, 2.75) is 44.6 Å². The second-order valence-electron chi connectivity index (χ2n) is 5.82. The molecule has 21 heavy (non-hydrogen) atoms. The van der Waals surface area contributed by atoms with E-state index in [0.717, 1.165) is 25.8 Å². The molecule has 1 saturated carbocycles. The highest BCUT2D eigenvalue weighted by molar-refractivity contribution is 5.76. The summed E-state index contributed by atoms with van der Waals surface area (Å²) in [5, 5.41) is 6.10. The van der Waals surface area contributed by atoms with Crippen LogP contribution in [-0.2, 0) is 4.79 Å². The zero-order valence-electron chi connectivity index (χ0n) is 12.7. The first-order valence-electron chi connectivity index (χ1n) is 7.90. The Labute approximate surface area is 126 Å². The quantitative estimate of drug-likeness (QED) is 0.758. The lowest BCUT2D eigenvalue weighted by molar-refractivity contribution is -0.122. The summed E-state index contributed by atoms with van der Waals surface area (Å²) in [5.41, 5.74) is 0.631. The van der Waals surface area contributed by atoms with Gasteiger partial charge in [-0.25, -0.2) is 4.39 Å². The molecule has 0 spiro atoms. The first-order valence-corrected chi connectivity index (χ1v) is 7.90. The fourth-order valence-electron chi connectivity index (χ4n) is 3.14. The molecule has 1 aliphatic rings. The molecular weight excluding hydrogens is 267 g/mol. The van der Waals surface area contributed by atoms with Gasteiger partial charge in [0.15, 0.2) is 0 Å². The van der Waals surface area contributed by atoms with E-state index in [2.05, 4.69) is 10.6 Å². The molecule has 0 aliphatic heterocycles. The molecule has 2 N–H and O–H groups in total. The fourth-order valence-corrected chi connectivity index (χ4v) is 3.14. The Morgan fingerprint density at radius 3 is 2.71 bits per heavy atom. The second-order valence-corrected chi connectivity index (χ2v) is 5.82. The van der Waals surface area contributed by atoms with Gasteiger partial charge in [-0.2, -0.15) is 0 Å². The van der Waals surface area contributed by atoms with Crippen LogP contribution in [0.25, 0.3) is 0 Å². The number of rotatable bonds is 7. The van der Waals surface area contributed by atoms with E-state index in [0.29, 0.717) is 17.9 Å². The molecule has 0 bridgehead atoms. The number of carbonyl (C=O) groups excluding carboxylic acids is 1. The topological polar surface area (TPSA) is 41.1 Å². The van der Waals surface area contributed by atoms with Crippen molar-refractivity contribution in [2.24, 2.45) is 5.92 Å². The van der Waals surface area contributed by atoms with Gasteiger partial charge in [0.2, 0.25) is 5.91 Å². The van der Waals surface area contributed by atoms with E-state index in [-0.39, 0.29) is 17.8 Å². The Morgan fingerprint density at radius 2 is 2.05 bits per heavy atom. The molecule has 1 aromatic rings. The molecule has 1 amide bonds. The molecule has 4 heteroatoms. The third-order valence-corrected chi connectivity index (χ3v) is 4.26. The van der Waals surface area contributed by atoms with Crippen molar-refractivity contribution in [3.8, 4) is 0 Å². The van der Waals surface area contributed by atoms with E-state index in [1.54, 1.807) is 12.1 Å². The third-order valence-electron chi connectivity index (χ3n) is 4.26. The lowest BCUT2D eigenvalue weighted by atomic mass is 9.91. The lowest BCUT2D eigenvalue weighted by Crippen LogP contribution is -2.33. The molecule has 1 aliphatic carbocycles. The van der Waals surface area contributed by atoms with Gasteiger partial charge in [0.1, 0.15) is 5.82 Å². The summed E-state index contributed by atoms with van der Waals surface area (Å²) in [6.07, 6.45) is 5.76. The van der Waals surface area contributed by atoms with Crippen LogP contribution in [-0.4, -0.2) is 19.5 Å². The van der Waals surface area contributed by atoms with Crippen LogP contribution in [0.4, 0.5) is 4.39 Å². The molecule has 0 heterocycles. The van der Waals surface area contributed by atoms with Crippen LogP contribution in [0.2, 0.25) is 0 Å². The first-order chi connectivity index (χ1) is 10.2. The van der Waals surface area contributed by atoms with Gasteiger partial charge in [0.25, 0.3) is 0 Å². The fraction of sp³-hybridized carbons (Fsp3) is 0.588. The average Bonchev–Trinajstić information content (AvgIpc) is 3.00. The van der Waals surface area contributed by atoms with Crippen molar-refractivity contribution in [3.63, 3.8) is 0 Å². The maximum Gasteiger partial charge on any atom is 0.220 e. The number of hydrogen-bond acceptors (Lipinski definition) is 2. The maximum absolute atomic E-state index is 14.1. The van der Waals surface area contributed by atoms with Gasteiger partial charge in [-0.3, -0.25) is 4.79 Å². The summed E-state index contributed by atoms with van der Waals surface area (Å²) < 4.78 is 14.1. The van der Waals surface area contributed by atoms with Gasteiger partial charge in [-0.1, -0.05) is 31.0 Å². The highest BCUT2D eigenvalue weighted by atomic mass is 19.1. The Morgan fingerprint density at radius 1 is 1.33 bits per heavy atom. The lowest BCUT2D eigenvalue weighted by Gasteiger charge is -2.25. The van der Waals surface area contributed by atoms with Gasteiger partial charge in [0.05, 0.1) is 6.04 Å². The van der Waals surface area contributed by atoms with E-state index in [9.17, 15) is 9.18 Å². The van der Waals surface area contributed by atoms with Gasteiger partial charge in [0, 0.05) is 12.0 Å². The first kappa shape index (κ1) is 16.0. The predicted molar refractivity (Wildman–Crippen MR) is 82.4 cm³/mol. The van der Waals surface area contributed by atoms with Gasteiger partial charge < -0.3 is 10.6 Å². The zero-order valence-corrected chi connectivity index (χ0v) is 12.7. The van der Waals surface area contributed by atoms with E-state index < -0.39 is 0 Å². The molecule has 116 valence electrons. The highest BCUT2D eigenvalue weighted by Gasteiger charge is 2.29. The van der Waals surface area contributed by atoms with Crippen LogP contribution in [0.5, 0.6) is 0 Å². The van der Waals surface area contributed by atoms with Crippen LogP contribution >= 0.6 is 0 Å². The predicted octanol–water partition coefficient (Wildman–Crippen LogP) is 3.17. The van der Waals surface area contributed by atoms with Crippen molar-refractivity contribution >= 4 is 5.91 Å². The largest absolute Gasteiger partial charge is 0.349 e. The number of hydrogen-bond donors (Lipinski definition) is 2. The molecule has 1 atom stereocenters. The van der Waals surface area contributed by atoms with Gasteiger partial charge in [-0.05, 0) is 44.8 Å². The number of halogens is 1. The van der Waals surface area contributed by atoms with E-state index >= 15 is 0 Å². The molecule has 0 aromatic heterocycles. The van der Waals surface area contributed by atoms with Crippen molar-refractivity contribution in [3.05, 3.63) is 35.6 Å². The SMILES string of the molecule is CNCCCC(=O)NC(c1ccccc1F)C1CCCC1.